The van der Waals surface area contributed by atoms with Crippen molar-refractivity contribution in [2.24, 2.45) is 7.05 Å². The van der Waals surface area contributed by atoms with Crippen LogP contribution in [0.25, 0.3) is 11.3 Å². The molecule has 0 saturated carbocycles. The molecule has 2 aromatic carbocycles. The van der Waals surface area contributed by atoms with E-state index in [2.05, 4.69) is 5.10 Å². The van der Waals surface area contributed by atoms with Gasteiger partial charge in [0.15, 0.2) is 0 Å². The fourth-order valence-electron chi connectivity index (χ4n) is 3.80. The maximum Gasteiger partial charge on any atom is 0.272 e. The SMILES string of the molecule is COc1ccc2c(c1)CCN(C(=O)c1cc(-c3cc(OC)ccc3OC)nn1C)C2. The van der Waals surface area contributed by atoms with Crippen LogP contribution >= 0.6 is 0 Å². The molecule has 3 aromatic rings. The van der Waals surface area contributed by atoms with E-state index in [-0.39, 0.29) is 5.91 Å². The van der Waals surface area contributed by atoms with E-state index in [1.807, 2.05) is 47.4 Å². The van der Waals surface area contributed by atoms with Crippen LogP contribution in [0, 0.1) is 0 Å². The molecule has 0 saturated heterocycles. The van der Waals surface area contributed by atoms with Crippen LogP contribution in [0.5, 0.6) is 17.2 Å². The third-order valence-corrected chi connectivity index (χ3v) is 5.49. The lowest BCUT2D eigenvalue weighted by atomic mass is 9.99. The highest BCUT2D eigenvalue weighted by atomic mass is 16.5. The summed E-state index contributed by atoms with van der Waals surface area (Å²) in [4.78, 5) is 15.1. The van der Waals surface area contributed by atoms with Gasteiger partial charge in [-0.15, -0.1) is 0 Å². The molecule has 0 atom stereocenters. The highest BCUT2D eigenvalue weighted by Gasteiger charge is 2.25. The zero-order valence-electron chi connectivity index (χ0n) is 17.6. The molecule has 7 nitrogen and oxygen atoms in total. The van der Waals surface area contributed by atoms with E-state index in [0.29, 0.717) is 36.0 Å². The monoisotopic (exact) mass is 407 g/mol. The van der Waals surface area contributed by atoms with Crippen LogP contribution < -0.4 is 14.2 Å². The van der Waals surface area contributed by atoms with Crippen LogP contribution in [0.4, 0.5) is 0 Å². The van der Waals surface area contributed by atoms with Crippen LogP contribution in [-0.2, 0) is 20.0 Å². The number of ether oxygens (including phenoxy) is 3. The molecule has 0 radical (unpaired) electrons. The van der Waals surface area contributed by atoms with Gasteiger partial charge in [0.25, 0.3) is 5.91 Å². The second-order valence-corrected chi connectivity index (χ2v) is 7.22. The first-order chi connectivity index (χ1) is 14.5. The second-order valence-electron chi connectivity index (χ2n) is 7.22. The van der Waals surface area contributed by atoms with Gasteiger partial charge in [0, 0.05) is 25.7 Å². The molecule has 0 unspecified atom stereocenters. The van der Waals surface area contributed by atoms with Crippen molar-refractivity contribution in [1.29, 1.82) is 0 Å². The van der Waals surface area contributed by atoms with Crippen LogP contribution in [0.15, 0.2) is 42.5 Å². The second kappa shape index (κ2) is 8.10. The molecular formula is C23H25N3O4. The van der Waals surface area contributed by atoms with Crippen molar-refractivity contribution in [3.8, 4) is 28.5 Å². The van der Waals surface area contributed by atoms with Gasteiger partial charge < -0.3 is 19.1 Å². The van der Waals surface area contributed by atoms with Gasteiger partial charge in [-0.1, -0.05) is 6.07 Å². The van der Waals surface area contributed by atoms with E-state index in [1.165, 1.54) is 5.56 Å². The molecule has 30 heavy (non-hydrogen) atoms. The molecule has 2 heterocycles. The van der Waals surface area contributed by atoms with Gasteiger partial charge in [0.05, 0.1) is 27.0 Å². The lowest BCUT2D eigenvalue weighted by molar-refractivity contribution is 0.0723. The van der Waals surface area contributed by atoms with E-state index in [1.54, 1.807) is 33.1 Å². The lowest BCUT2D eigenvalue weighted by Crippen LogP contribution is -2.36. The smallest absolute Gasteiger partial charge is 0.272 e. The van der Waals surface area contributed by atoms with E-state index in [0.717, 1.165) is 23.3 Å². The molecule has 0 bridgehead atoms. The molecule has 1 aliphatic rings. The molecular weight excluding hydrogens is 382 g/mol. The number of methoxy groups -OCH3 is 3. The van der Waals surface area contributed by atoms with Gasteiger partial charge in [0.2, 0.25) is 0 Å². The lowest BCUT2D eigenvalue weighted by Gasteiger charge is -2.29. The molecule has 0 N–H and O–H groups in total. The fraction of sp³-hybridized carbons (Fsp3) is 0.304. The van der Waals surface area contributed by atoms with Crippen molar-refractivity contribution in [3.63, 3.8) is 0 Å². The number of amides is 1. The normalized spacial score (nSPS) is 13.0. The Balaban J connectivity index is 1.61. The number of carbonyl (C=O) groups is 1. The minimum Gasteiger partial charge on any atom is -0.497 e. The molecule has 4 rings (SSSR count). The summed E-state index contributed by atoms with van der Waals surface area (Å²) in [5.41, 5.74) is 4.35. The summed E-state index contributed by atoms with van der Waals surface area (Å²) in [7, 11) is 6.67. The number of rotatable bonds is 5. The van der Waals surface area contributed by atoms with Gasteiger partial charge in [-0.05, 0) is 53.9 Å². The Morgan fingerprint density at radius 1 is 0.933 bits per heavy atom. The number of hydrogen-bond donors (Lipinski definition) is 0. The van der Waals surface area contributed by atoms with Crippen LogP contribution in [0.3, 0.4) is 0 Å². The first-order valence-corrected chi connectivity index (χ1v) is 9.75. The first kappa shape index (κ1) is 19.8. The Hall–Kier alpha value is -3.48. The topological polar surface area (TPSA) is 65.8 Å². The van der Waals surface area contributed by atoms with Gasteiger partial charge in [-0.2, -0.15) is 5.10 Å². The van der Waals surface area contributed by atoms with Gasteiger partial charge in [0.1, 0.15) is 22.9 Å². The summed E-state index contributed by atoms with van der Waals surface area (Å²) in [5, 5.41) is 4.56. The Labute approximate surface area is 175 Å². The average Bonchev–Trinajstić information content (AvgIpc) is 3.18. The number of aromatic nitrogens is 2. The Kier molecular flexibility index (Phi) is 5.35. The quantitative estimate of drug-likeness (QED) is 0.649. The molecule has 1 amide bonds. The van der Waals surface area contributed by atoms with Crippen molar-refractivity contribution in [1.82, 2.24) is 14.7 Å². The summed E-state index contributed by atoms with van der Waals surface area (Å²) >= 11 is 0. The van der Waals surface area contributed by atoms with E-state index in [4.69, 9.17) is 14.2 Å². The Morgan fingerprint density at radius 3 is 2.40 bits per heavy atom. The molecule has 0 spiro atoms. The van der Waals surface area contributed by atoms with Gasteiger partial charge in [-0.3, -0.25) is 9.48 Å². The summed E-state index contributed by atoms with van der Waals surface area (Å²) in [5.74, 6) is 2.18. The van der Waals surface area contributed by atoms with Crippen molar-refractivity contribution in [2.75, 3.05) is 27.9 Å². The third kappa shape index (κ3) is 3.58. The summed E-state index contributed by atoms with van der Waals surface area (Å²) in [6.07, 6.45) is 0.798. The number of fused-ring (bicyclic) bond motifs is 1. The fourth-order valence-corrected chi connectivity index (χ4v) is 3.80. The zero-order valence-corrected chi connectivity index (χ0v) is 17.6. The Morgan fingerprint density at radius 2 is 1.67 bits per heavy atom. The highest BCUT2D eigenvalue weighted by molar-refractivity contribution is 5.94. The number of benzene rings is 2. The van der Waals surface area contributed by atoms with Crippen LogP contribution in [0.2, 0.25) is 0 Å². The van der Waals surface area contributed by atoms with Gasteiger partial charge >= 0.3 is 0 Å². The van der Waals surface area contributed by atoms with Crippen molar-refractivity contribution in [2.45, 2.75) is 13.0 Å². The largest absolute Gasteiger partial charge is 0.497 e. The first-order valence-electron chi connectivity index (χ1n) is 9.75. The van der Waals surface area contributed by atoms with Crippen molar-refractivity contribution < 1.29 is 19.0 Å². The predicted molar refractivity (Wildman–Crippen MR) is 113 cm³/mol. The minimum absolute atomic E-state index is 0.0421. The zero-order chi connectivity index (χ0) is 21.3. The Bertz CT molecular complexity index is 1090. The maximum absolute atomic E-state index is 13.3. The standard InChI is InChI=1S/C23H25N3O4/c1-25-21(13-20(24-25)19-12-18(29-3)7-8-22(19)30-4)23(27)26-10-9-15-11-17(28-2)6-5-16(15)14-26/h5-8,11-13H,9-10,14H2,1-4H3. The summed E-state index contributed by atoms with van der Waals surface area (Å²) in [6.45, 7) is 1.23. The van der Waals surface area contributed by atoms with Crippen molar-refractivity contribution in [3.05, 3.63) is 59.3 Å². The van der Waals surface area contributed by atoms with Crippen LogP contribution in [-0.4, -0.2) is 48.5 Å². The average molecular weight is 407 g/mol. The number of carbonyl (C=O) groups excluding carboxylic acids is 1. The number of hydrogen-bond acceptors (Lipinski definition) is 5. The van der Waals surface area contributed by atoms with Gasteiger partial charge in [-0.25, -0.2) is 0 Å². The predicted octanol–water partition coefficient (Wildman–Crippen LogP) is 3.31. The molecule has 1 aromatic heterocycles. The van der Waals surface area contributed by atoms with Crippen molar-refractivity contribution >= 4 is 5.91 Å². The summed E-state index contributed by atoms with van der Waals surface area (Å²) < 4.78 is 17.7. The van der Waals surface area contributed by atoms with Crippen LogP contribution in [0.1, 0.15) is 21.6 Å². The third-order valence-electron chi connectivity index (χ3n) is 5.49. The molecule has 0 aliphatic carbocycles. The van der Waals surface area contributed by atoms with E-state index < -0.39 is 0 Å². The molecule has 1 aliphatic heterocycles. The molecule has 0 fully saturated rings. The minimum atomic E-state index is -0.0421. The molecule has 156 valence electrons. The number of nitrogens with zero attached hydrogens (tertiary/aromatic N) is 3. The van der Waals surface area contributed by atoms with E-state index >= 15 is 0 Å². The maximum atomic E-state index is 13.3. The number of aryl methyl sites for hydroxylation is 1. The summed E-state index contributed by atoms with van der Waals surface area (Å²) in [6, 6.07) is 13.3. The highest BCUT2D eigenvalue weighted by Crippen LogP contribution is 2.33. The van der Waals surface area contributed by atoms with E-state index in [9.17, 15) is 4.79 Å². The molecule has 7 heteroatoms.